The molecule has 0 unspecified atom stereocenters. The molecule has 2 heterocycles. The Balaban J connectivity index is 1.70. The second-order valence-electron chi connectivity index (χ2n) is 6.41. The van der Waals surface area contributed by atoms with E-state index in [0.29, 0.717) is 23.0 Å². The molecule has 132 valence electrons. The molecule has 1 aliphatic carbocycles. The summed E-state index contributed by atoms with van der Waals surface area (Å²) in [5.41, 5.74) is 8.03. The predicted molar refractivity (Wildman–Crippen MR) is 97.0 cm³/mol. The number of aromatic nitrogens is 3. The van der Waals surface area contributed by atoms with Crippen LogP contribution in [-0.4, -0.2) is 15.0 Å². The molecule has 0 spiro atoms. The number of nitrogens with zero attached hydrogens (tertiary/aromatic N) is 3. The molecule has 0 saturated heterocycles. The molecule has 2 N–H and O–H groups in total. The zero-order valence-electron chi connectivity index (χ0n) is 14.2. The number of benzene rings is 1. The van der Waals surface area contributed by atoms with E-state index >= 15 is 4.39 Å². The summed E-state index contributed by atoms with van der Waals surface area (Å²) in [4.78, 5) is 12.4. The van der Waals surface area contributed by atoms with E-state index in [4.69, 9.17) is 10.5 Å². The summed E-state index contributed by atoms with van der Waals surface area (Å²) < 4.78 is 21.2. The first kappa shape index (κ1) is 16.4. The molecule has 2 aromatic heterocycles. The molecule has 1 aromatic carbocycles. The van der Waals surface area contributed by atoms with Gasteiger partial charge in [-0.25, -0.2) is 9.37 Å². The van der Waals surface area contributed by atoms with Gasteiger partial charge in [-0.3, -0.25) is 9.97 Å². The normalized spacial score (nSPS) is 14.0. The quantitative estimate of drug-likeness (QED) is 0.750. The Morgan fingerprint density at radius 1 is 1.08 bits per heavy atom. The topological polar surface area (TPSA) is 73.9 Å². The fourth-order valence-corrected chi connectivity index (χ4v) is 3.06. The van der Waals surface area contributed by atoms with Crippen LogP contribution in [0.25, 0.3) is 11.3 Å². The number of nitrogen functional groups attached to an aromatic ring is 1. The van der Waals surface area contributed by atoms with E-state index < -0.39 is 5.82 Å². The SMILES string of the molecule is Nc1cnc(-c2ccc(C3CCC3)c(OCc3ccccn3)c2F)cn1. The molecule has 0 amide bonds. The maximum Gasteiger partial charge on any atom is 0.174 e. The van der Waals surface area contributed by atoms with Crippen molar-refractivity contribution >= 4 is 5.82 Å². The highest BCUT2D eigenvalue weighted by Crippen LogP contribution is 2.43. The lowest BCUT2D eigenvalue weighted by atomic mass is 9.79. The summed E-state index contributed by atoms with van der Waals surface area (Å²) >= 11 is 0. The number of pyridine rings is 1. The van der Waals surface area contributed by atoms with Crippen LogP contribution in [0.4, 0.5) is 10.2 Å². The Morgan fingerprint density at radius 3 is 2.62 bits per heavy atom. The van der Waals surface area contributed by atoms with Crippen LogP contribution in [0.2, 0.25) is 0 Å². The van der Waals surface area contributed by atoms with Gasteiger partial charge in [-0.15, -0.1) is 0 Å². The van der Waals surface area contributed by atoms with Crippen molar-refractivity contribution in [1.82, 2.24) is 15.0 Å². The molecule has 26 heavy (non-hydrogen) atoms. The molecule has 1 aliphatic rings. The van der Waals surface area contributed by atoms with Crippen molar-refractivity contribution < 1.29 is 9.13 Å². The van der Waals surface area contributed by atoms with Gasteiger partial charge in [0.1, 0.15) is 12.4 Å². The summed E-state index contributed by atoms with van der Waals surface area (Å²) in [6.07, 6.45) is 7.86. The Morgan fingerprint density at radius 2 is 1.96 bits per heavy atom. The van der Waals surface area contributed by atoms with Crippen molar-refractivity contribution in [1.29, 1.82) is 0 Å². The van der Waals surface area contributed by atoms with Crippen LogP contribution in [-0.2, 0) is 6.61 Å². The van der Waals surface area contributed by atoms with E-state index in [0.717, 1.165) is 30.5 Å². The largest absolute Gasteiger partial charge is 0.484 e. The lowest BCUT2D eigenvalue weighted by Crippen LogP contribution is -2.12. The van der Waals surface area contributed by atoms with Crippen LogP contribution in [0.3, 0.4) is 0 Å². The number of anilines is 1. The van der Waals surface area contributed by atoms with Crippen molar-refractivity contribution in [2.45, 2.75) is 31.8 Å². The van der Waals surface area contributed by atoms with Crippen LogP contribution in [0.1, 0.15) is 36.4 Å². The van der Waals surface area contributed by atoms with Crippen LogP contribution in [0, 0.1) is 5.82 Å². The van der Waals surface area contributed by atoms with Gasteiger partial charge < -0.3 is 10.5 Å². The van der Waals surface area contributed by atoms with Gasteiger partial charge in [-0.1, -0.05) is 18.6 Å². The van der Waals surface area contributed by atoms with Crippen LogP contribution < -0.4 is 10.5 Å². The Kier molecular flexibility index (Phi) is 4.48. The number of hydrogen-bond acceptors (Lipinski definition) is 5. The monoisotopic (exact) mass is 350 g/mol. The van der Waals surface area contributed by atoms with Crippen molar-refractivity contribution in [2.75, 3.05) is 5.73 Å². The first-order valence-corrected chi connectivity index (χ1v) is 8.65. The highest BCUT2D eigenvalue weighted by atomic mass is 19.1. The fourth-order valence-electron chi connectivity index (χ4n) is 3.06. The maximum absolute atomic E-state index is 15.3. The minimum atomic E-state index is -0.413. The minimum Gasteiger partial charge on any atom is -0.484 e. The van der Waals surface area contributed by atoms with Crippen LogP contribution in [0.5, 0.6) is 5.75 Å². The summed E-state index contributed by atoms with van der Waals surface area (Å²) in [6.45, 7) is 0.217. The van der Waals surface area contributed by atoms with E-state index in [2.05, 4.69) is 15.0 Å². The lowest BCUT2D eigenvalue weighted by Gasteiger charge is -2.28. The number of rotatable bonds is 5. The van der Waals surface area contributed by atoms with Gasteiger partial charge in [0.15, 0.2) is 11.6 Å². The molecule has 0 aliphatic heterocycles. The maximum atomic E-state index is 15.3. The number of ether oxygens (including phenoxy) is 1. The van der Waals surface area contributed by atoms with Gasteiger partial charge >= 0.3 is 0 Å². The summed E-state index contributed by atoms with van der Waals surface area (Å²) in [7, 11) is 0. The fraction of sp³-hybridized carbons (Fsp3) is 0.250. The first-order valence-electron chi connectivity index (χ1n) is 8.65. The minimum absolute atomic E-state index is 0.217. The molecule has 4 rings (SSSR count). The summed E-state index contributed by atoms with van der Waals surface area (Å²) in [6, 6.07) is 9.26. The molecule has 1 fully saturated rings. The second-order valence-corrected chi connectivity index (χ2v) is 6.41. The first-order chi connectivity index (χ1) is 12.7. The van der Waals surface area contributed by atoms with Gasteiger partial charge in [-0.05, 0) is 37.0 Å². The molecular weight excluding hydrogens is 331 g/mol. The summed E-state index contributed by atoms with van der Waals surface area (Å²) in [5, 5.41) is 0. The van der Waals surface area contributed by atoms with Gasteiger partial charge in [0, 0.05) is 17.3 Å². The summed E-state index contributed by atoms with van der Waals surface area (Å²) in [5.74, 6) is 0.516. The van der Waals surface area contributed by atoms with Gasteiger partial charge in [0.05, 0.1) is 23.8 Å². The van der Waals surface area contributed by atoms with E-state index in [1.165, 1.54) is 12.4 Å². The molecule has 0 bridgehead atoms. The lowest BCUT2D eigenvalue weighted by molar-refractivity contribution is 0.275. The standard InChI is InChI=1S/C20H19FN4O/c21-19-16(17-10-25-18(22)11-24-17)8-7-15(13-4-3-5-13)20(19)26-12-14-6-1-2-9-23-14/h1-2,6-11,13H,3-5,12H2,(H2,22,25). The molecular formula is C20H19FN4O. The highest BCUT2D eigenvalue weighted by Gasteiger charge is 2.27. The van der Waals surface area contributed by atoms with Gasteiger partial charge in [-0.2, -0.15) is 0 Å². The average molecular weight is 350 g/mol. The predicted octanol–water partition coefficient (Wildman–Crippen LogP) is 4.11. The average Bonchev–Trinajstić information content (AvgIpc) is 2.62. The number of hydrogen-bond donors (Lipinski definition) is 1. The van der Waals surface area contributed by atoms with E-state index in [1.807, 2.05) is 24.3 Å². The van der Waals surface area contributed by atoms with E-state index in [-0.39, 0.29) is 12.4 Å². The third-order valence-corrected chi connectivity index (χ3v) is 4.71. The zero-order chi connectivity index (χ0) is 17.9. The third-order valence-electron chi connectivity index (χ3n) is 4.71. The molecule has 0 radical (unpaired) electrons. The molecule has 0 atom stereocenters. The molecule has 3 aromatic rings. The van der Waals surface area contributed by atoms with Crippen molar-refractivity contribution in [3.05, 3.63) is 66.0 Å². The third kappa shape index (κ3) is 3.22. The molecule has 6 heteroatoms. The Bertz CT molecular complexity index is 896. The second kappa shape index (κ2) is 7.07. The van der Waals surface area contributed by atoms with Gasteiger partial charge in [0.25, 0.3) is 0 Å². The number of halogens is 1. The van der Waals surface area contributed by atoms with Crippen LogP contribution >= 0.6 is 0 Å². The van der Waals surface area contributed by atoms with E-state index in [9.17, 15) is 0 Å². The van der Waals surface area contributed by atoms with Gasteiger partial charge in [0.2, 0.25) is 0 Å². The molecule has 1 saturated carbocycles. The van der Waals surface area contributed by atoms with Crippen LogP contribution in [0.15, 0.2) is 48.9 Å². The Hall–Kier alpha value is -3.02. The van der Waals surface area contributed by atoms with E-state index in [1.54, 1.807) is 12.3 Å². The highest BCUT2D eigenvalue weighted by molar-refractivity contribution is 5.64. The van der Waals surface area contributed by atoms with Crippen molar-refractivity contribution in [3.8, 4) is 17.0 Å². The van der Waals surface area contributed by atoms with Crippen molar-refractivity contribution in [2.24, 2.45) is 0 Å². The smallest absolute Gasteiger partial charge is 0.174 e. The molecule has 5 nitrogen and oxygen atoms in total. The Labute approximate surface area is 151 Å². The van der Waals surface area contributed by atoms with Crippen molar-refractivity contribution in [3.63, 3.8) is 0 Å². The zero-order valence-corrected chi connectivity index (χ0v) is 14.2. The number of nitrogens with two attached hydrogens (primary N) is 1.